The van der Waals surface area contributed by atoms with Crippen LogP contribution >= 0.6 is 11.6 Å². The van der Waals surface area contributed by atoms with Crippen LogP contribution in [0.3, 0.4) is 0 Å². The second kappa shape index (κ2) is 9.04. The van der Waals surface area contributed by atoms with Crippen molar-refractivity contribution in [3.8, 4) is 11.4 Å². The molecule has 1 N–H and O–H groups in total. The summed E-state index contributed by atoms with van der Waals surface area (Å²) >= 11 is 6.15. The van der Waals surface area contributed by atoms with Crippen LogP contribution in [0, 0.1) is 0 Å². The molecular formula is C24H25ClN4O3. The van der Waals surface area contributed by atoms with E-state index in [1.54, 1.807) is 44.9 Å². The molecule has 2 heterocycles. The van der Waals surface area contributed by atoms with Gasteiger partial charge in [0.25, 0.3) is 11.8 Å². The van der Waals surface area contributed by atoms with Crippen LogP contribution in [-0.2, 0) is 0 Å². The van der Waals surface area contributed by atoms with Crippen LogP contribution < -0.4 is 0 Å². The summed E-state index contributed by atoms with van der Waals surface area (Å²) in [5, 5.41) is 15.0. The minimum atomic E-state index is -0.230. The zero-order chi connectivity index (χ0) is 22.8. The van der Waals surface area contributed by atoms with E-state index in [2.05, 4.69) is 5.10 Å². The molecule has 0 unspecified atom stereocenters. The molecule has 0 atom stereocenters. The molecule has 1 fully saturated rings. The summed E-state index contributed by atoms with van der Waals surface area (Å²) in [4.78, 5) is 29.5. The molecule has 0 saturated carbocycles. The van der Waals surface area contributed by atoms with E-state index in [1.165, 1.54) is 6.07 Å². The molecule has 2 aromatic carbocycles. The van der Waals surface area contributed by atoms with Crippen molar-refractivity contribution in [1.29, 1.82) is 0 Å². The molecule has 1 aliphatic heterocycles. The monoisotopic (exact) mass is 452 g/mol. The SMILES string of the molecule is CC(C)c1c(C(=O)N2CCN(C(=O)c3ccccc3O)CC2)cnn1-c1cccc(Cl)c1. The third-order valence-electron chi connectivity index (χ3n) is 5.63. The Morgan fingerprint density at radius 3 is 2.16 bits per heavy atom. The van der Waals surface area contributed by atoms with Crippen LogP contribution in [-0.4, -0.2) is 62.7 Å². The molecule has 8 heteroatoms. The number of nitrogens with zero attached hydrogens (tertiary/aromatic N) is 4. The number of para-hydroxylation sites is 1. The molecule has 3 aromatic rings. The average Bonchev–Trinajstić information content (AvgIpc) is 3.24. The maximum absolute atomic E-state index is 13.3. The first kappa shape index (κ1) is 21.9. The summed E-state index contributed by atoms with van der Waals surface area (Å²) in [6.45, 7) is 5.68. The van der Waals surface area contributed by atoms with Gasteiger partial charge in [0, 0.05) is 31.2 Å². The Balaban J connectivity index is 1.51. The highest BCUT2D eigenvalue weighted by Crippen LogP contribution is 2.26. The predicted molar refractivity (Wildman–Crippen MR) is 123 cm³/mol. The normalized spacial score (nSPS) is 14.1. The molecule has 1 aromatic heterocycles. The molecular weight excluding hydrogens is 428 g/mol. The number of aromatic hydroxyl groups is 1. The third-order valence-corrected chi connectivity index (χ3v) is 5.86. The third kappa shape index (κ3) is 4.21. The number of aromatic nitrogens is 2. The van der Waals surface area contributed by atoms with E-state index in [1.807, 2.05) is 32.0 Å². The fraction of sp³-hybridized carbons (Fsp3) is 0.292. The second-order valence-corrected chi connectivity index (χ2v) is 8.53. The zero-order valence-electron chi connectivity index (χ0n) is 18.0. The van der Waals surface area contributed by atoms with Gasteiger partial charge in [0.1, 0.15) is 5.75 Å². The summed E-state index contributed by atoms with van der Waals surface area (Å²) < 4.78 is 1.77. The molecule has 0 aliphatic carbocycles. The lowest BCUT2D eigenvalue weighted by Crippen LogP contribution is -2.50. The number of halogens is 1. The molecule has 166 valence electrons. The van der Waals surface area contributed by atoms with Gasteiger partial charge in [0.15, 0.2) is 0 Å². The quantitative estimate of drug-likeness (QED) is 0.650. The highest BCUT2D eigenvalue weighted by Gasteiger charge is 2.29. The van der Waals surface area contributed by atoms with Gasteiger partial charge in [-0.05, 0) is 36.2 Å². The van der Waals surface area contributed by atoms with E-state index in [0.717, 1.165) is 11.4 Å². The Kier molecular flexibility index (Phi) is 6.19. The highest BCUT2D eigenvalue weighted by molar-refractivity contribution is 6.30. The van der Waals surface area contributed by atoms with Gasteiger partial charge >= 0.3 is 0 Å². The van der Waals surface area contributed by atoms with Crippen molar-refractivity contribution in [3.63, 3.8) is 0 Å². The number of phenolic OH excluding ortho intramolecular Hbond substituents is 1. The van der Waals surface area contributed by atoms with Crippen LogP contribution in [0.5, 0.6) is 5.75 Å². The molecule has 2 amide bonds. The zero-order valence-corrected chi connectivity index (χ0v) is 18.8. The summed E-state index contributed by atoms with van der Waals surface area (Å²) in [6, 6.07) is 13.9. The van der Waals surface area contributed by atoms with Crippen molar-refractivity contribution >= 4 is 23.4 Å². The number of phenols is 1. The van der Waals surface area contributed by atoms with Crippen molar-refractivity contribution in [2.24, 2.45) is 0 Å². The summed E-state index contributed by atoms with van der Waals surface area (Å²) in [5.41, 5.74) is 2.46. The summed E-state index contributed by atoms with van der Waals surface area (Å²) in [6.07, 6.45) is 1.61. The number of amides is 2. The maximum atomic E-state index is 13.3. The van der Waals surface area contributed by atoms with E-state index in [-0.39, 0.29) is 29.0 Å². The maximum Gasteiger partial charge on any atom is 0.257 e. The number of rotatable bonds is 4. The molecule has 0 radical (unpaired) electrons. The Morgan fingerprint density at radius 2 is 1.56 bits per heavy atom. The highest BCUT2D eigenvalue weighted by atomic mass is 35.5. The first-order valence-corrected chi connectivity index (χ1v) is 10.9. The van der Waals surface area contributed by atoms with Crippen molar-refractivity contribution < 1.29 is 14.7 Å². The Bertz CT molecular complexity index is 1150. The van der Waals surface area contributed by atoms with Crippen LogP contribution in [0.2, 0.25) is 5.02 Å². The predicted octanol–water partition coefficient (Wildman–Crippen LogP) is 3.95. The van der Waals surface area contributed by atoms with Gasteiger partial charge in [-0.1, -0.05) is 43.6 Å². The number of hydrogen-bond acceptors (Lipinski definition) is 4. The molecule has 0 spiro atoms. The van der Waals surface area contributed by atoms with Gasteiger partial charge in [-0.15, -0.1) is 0 Å². The summed E-state index contributed by atoms with van der Waals surface area (Å²) in [7, 11) is 0. The first-order valence-electron chi connectivity index (χ1n) is 10.6. The second-order valence-electron chi connectivity index (χ2n) is 8.09. The van der Waals surface area contributed by atoms with Gasteiger partial charge < -0.3 is 14.9 Å². The summed E-state index contributed by atoms with van der Waals surface area (Å²) in [5.74, 6) is -0.297. The van der Waals surface area contributed by atoms with Crippen molar-refractivity contribution in [2.45, 2.75) is 19.8 Å². The van der Waals surface area contributed by atoms with E-state index in [9.17, 15) is 14.7 Å². The van der Waals surface area contributed by atoms with Gasteiger partial charge in [0.05, 0.1) is 28.7 Å². The van der Waals surface area contributed by atoms with Crippen molar-refractivity contribution in [1.82, 2.24) is 19.6 Å². The Morgan fingerprint density at radius 1 is 0.938 bits per heavy atom. The lowest BCUT2D eigenvalue weighted by atomic mass is 10.0. The first-order chi connectivity index (χ1) is 15.4. The smallest absolute Gasteiger partial charge is 0.257 e. The molecule has 7 nitrogen and oxygen atoms in total. The number of benzene rings is 2. The topological polar surface area (TPSA) is 78.7 Å². The van der Waals surface area contributed by atoms with E-state index < -0.39 is 0 Å². The Labute approximate surface area is 191 Å². The van der Waals surface area contributed by atoms with E-state index >= 15 is 0 Å². The van der Waals surface area contributed by atoms with Gasteiger partial charge in [-0.3, -0.25) is 9.59 Å². The standard InChI is InChI=1S/C24H25ClN4O3/c1-16(2)22-20(15-26-29(22)18-7-5-6-17(25)14-18)24(32)28-12-10-27(11-13-28)23(31)19-8-3-4-9-21(19)30/h3-9,14-16,30H,10-13H2,1-2H3. The van der Waals surface area contributed by atoms with Gasteiger partial charge in [-0.2, -0.15) is 5.10 Å². The molecule has 4 rings (SSSR count). The van der Waals surface area contributed by atoms with Crippen LogP contribution in [0.1, 0.15) is 46.2 Å². The lowest BCUT2D eigenvalue weighted by molar-refractivity contribution is 0.0533. The van der Waals surface area contributed by atoms with Crippen LogP contribution in [0.25, 0.3) is 5.69 Å². The number of hydrogen-bond donors (Lipinski definition) is 1. The number of piperazine rings is 1. The Hall–Kier alpha value is -3.32. The fourth-order valence-corrected chi connectivity index (χ4v) is 4.18. The van der Waals surface area contributed by atoms with E-state index in [4.69, 9.17) is 11.6 Å². The van der Waals surface area contributed by atoms with E-state index in [0.29, 0.717) is 36.8 Å². The largest absolute Gasteiger partial charge is 0.507 e. The number of carbonyl (C=O) groups is 2. The fourth-order valence-electron chi connectivity index (χ4n) is 4.00. The van der Waals surface area contributed by atoms with Crippen molar-refractivity contribution in [3.05, 3.63) is 76.6 Å². The van der Waals surface area contributed by atoms with Gasteiger partial charge in [-0.25, -0.2) is 4.68 Å². The lowest BCUT2D eigenvalue weighted by Gasteiger charge is -2.35. The molecule has 1 aliphatic rings. The minimum absolute atomic E-state index is 0.0361. The molecule has 1 saturated heterocycles. The molecule has 32 heavy (non-hydrogen) atoms. The van der Waals surface area contributed by atoms with Crippen LogP contribution in [0.15, 0.2) is 54.7 Å². The number of carbonyl (C=O) groups excluding carboxylic acids is 2. The average molecular weight is 453 g/mol. The van der Waals surface area contributed by atoms with Gasteiger partial charge in [0.2, 0.25) is 0 Å². The molecule has 0 bridgehead atoms. The van der Waals surface area contributed by atoms with Crippen molar-refractivity contribution in [2.75, 3.05) is 26.2 Å². The van der Waals surface area contributed by atoms with Crippen LogP contribution in [0.4, 0.5) is 0 Å². The minimum Gasteiger partial charge on any atom is -0.507 e.